The molecule has 1 aliphatic carbocycles. The Labute approximate surface area is 220 Å². The Hall–Kier alpha value is -4.50. The van der Waals surface area contributed by atoms with Gasteiger partial charge >= 0.3 is 0 Å². The molecule has 5 rings (SSSR count). The van der Waals surface area contributed by atoms with Gasteiger partial charge in [-0.3, -0.25) is 9.59 Å². The van der Waals surface area contributed by atoms with Crippen LogP contribution in [0.1, 0.15) is 36.5 Å². The van der Waals surface area contributed by atoms with Crippen LogP contribution in [0.4, 0.5) is 11.5 Å². The molecule has 2 aromatic heterocycles. The number of hydrogen-bond acceptors (Lipinski definition) is 6. The molecule has 38 heavy (non-hydrogen) atoms. The van der Waals surface area contributed by atoms with Gasteiger partial charge in [-0.05, 0) is 61.6 Å². The predicted molar refractivity (Wildman–Crippen MR) is 148 cm³/mol. The lowest BCUT2D eigenvalue weighted by Crippen LogP contribution is -2.47. The monoisotopic (exact) mass is 510 g/mol. The first-order valence-electron chi connectivity index (χ1n) is 12.4. The summed E-state index contributed by atoms with van der Waals surface area (Å²) < 4.78 is 1.96. The first-order chi connectivity index (χ1) is 18.2. The molecule has 0 saturated heterocycles. The lowest BCUT2D eigenvalue weighted by molar-refractivity contribution is -0.112. The van der Waals surface area contributed by atoms with E-state index in [1.54, 1.807) is 19.1 Å². The van der Waals surface area contributed by atoms with Crippen LogP contribution in [0.5, 0.6) is 0 Å². The highest BCUT2D eigenvalue weighted by molar-refractivity contribution is 6.08. The first-order valence-corrected chi connectivity index (χ1v) is 12.4. The zero-order valence-electron chi connectivity index (χ0n) is 21.4. The second kappa shape index (κ2) is 9.75. The van der Waals surface area contributed by atoms with Crippen molar-refractivity contribution in [1.29, 1.82) is 0 Å². The highest BCUT2D eigenvalue weighted by atomic mass is 16.3. The maximum Gasteiger partial charge on any atom is 0.251 e. The zero-order chi connectivity index (χ0) is 27.0. The summed E-state index contributed by atoms with van der Waals surface area (Å²) in [6.45, 7) is 5.58. The normalized spacial score (nSPS) is 14.1. The average molecular weight is 511 g/mol. The van der Waals surface area contributed by atoms with E-state index in [2.05, 4.69) is 27.2 Å². The summed E-state index contributed by atoms with van der Waals surface area (Å²) in [6, 6.07) is 14.8. The number of benzene rings is 2. The summed E-state index contributed by atoms with van der Waals surface area (Å²) in [7, 11) is 1.91. The summed E-state index contributed by atoms with van der Waals surface area (Å²) in [5, 5.41) is 16.7. The van der Waals surface area contributed by atoms with E-state index in [4.69, 9.17) is 5.73 Å². The number of nitrogen functional groups attached to an aromatic ring is 1. The van der Waals surface area contributed by atoms with Crippen molar-refractivity contribution in [1.82, 2.24) is 19.9 Å². The summed E-state index contributed by atoms with van der Waals surface area (Å²) in [5.74, 6) is -0.116. The van der Waals surface area contributed by atoms with Crippen LogP contribution in [0, 0.1) is 0 Å². The molecule has 5 N–H and O–H groups in total. The highest BCUT2D eigenvalue weighted by Crippen LogP contribution is 2.41. The third-order valence-corrected chi connectivity index (χ3v) is 7.10. The van der Waals surface area contributed by atoms with Crippen molar-refractivity contribution in [2.75, 3.05) is 17.6 Å². The van der Waals surface area contributed by atoms with Crippen molar-refractivity contribution < 1.29 is 14.7 Å². The Morgan fingerprint density at radius 2 is 1.74 bits per heavy atom. The van der Waals surface area contributed by atoms with E-state index in [9.17, 15) is 14.7 Å². The summed E-state index contributed by atoms with van der Waals surface area (Å²) in [4.78, 5) is 33.4. The van der Waals surface area contributed by atoms with Gasteiger partial charge in [0, 0.05) is 36.0 Å². The number of carbonyl (C=O) groups is 2. The van der Waals surface area contributed by atoms with E-state index in [0.717, 1.165) is 28.8 Å². The molecular weight excluding hydrogens is 480 g/mol. The van der Waals surface area contributed by atoms with Gasteiger partial charge < -0.3 is 26.0 Å². The molecule has 0 spiro atoms. The fourth-order valence-electron chi connectivity index (χ4n) is 4.74. The van der Waals surface area contributed by atoms with Gasteiger partial charge in [-0.25, -0.2) is 9.97 Å². The van der Waals surface area contributed by atoms with Gasteiger partial charge in [-0.1, -0.05) is 30.8 Å². The van der Waals surface area contributed by atoms with Gasteiger partial charge in [0.1, 0.15) is 17.8 Å². The molecule has 2 heterocycles. The first kappa shape index (κ1) is 25.2. The van der Waals surface area contributed by atoms with Gasteiger partial charge in [0.25, 0.3) is 11.8 Å². The van der Waals surface area contributed by atoms with Crippen LogP contribution in [0.3, 0.4) is 0 Å². The van der Waals surface area contributed by atoms with E-state index < -0.39 is 5.60 Å². The highest BCUT2D eigenvalue weighted by Gasteiger charge is 2.34. The molecule has 9 nitrogen and oxygen atoms in total. The predicted octanol–water partition coefficient (Wildman–Crippen LogP) is 4.04. The number of nitrogens with zero attached hydrogens (tertiary/aromatic N) is 3. The van der Waals surface area contributed by atoms with E-state index >= 15 is 0 Å². The van der Waals surface area contributed by atoms with Crippen LogP contribution in [-0.4, -0.2) is 43.6 Å². The van der Waals surface area contributed by atoms with Crippen molar-refractivity contribution in [3.63, 3.8) is 0 Å². The molecule has 1 fully saturated rings. The van der Waals surface area contributed by atoms with E-state index in [1.165, 1.54) is 6.33 Å². The molecule has 0 radical (unpaired) electrons. The second-order valence-electron chi connectivity index (χ2n) is 9.89. The summed E-state index contributed by atoms with van der Waals surface area (Å²) in [5.41, 5.74) is 11.3. The summed E-state index contributed by atoms with van der Waals surface area (Å²) in [6.07, 6.45) is 3.83. The van der Waals surface area contributed by atoms with Gasteiger partial charge in [-0.15, -0.1) is 0 Å². The maximum atomic E-state index is 12.7. The lowest BCUT2D eigenvalue weighted by Gasteiger charge is -2.36. The van der Waals surface area contributed by atoms with E-state index in [1.807, 2.05) is 48.0 Å². The van der Waals surface area contributed by atoms with Crippen LogP contribution in [0.25, 0.3) is 33.4 Å². The van der Waals surface area contributed by atoms with Gasteiger partial charge in [-0.2, -0.15) is 0 Å². The number of nitrogens with one attached hydrogen (secondary N) is 2. The molecule has 0 unspecified atom stereocenters. The standard InChI is InChI=1S/C29H30N6O3/c1-17(2)27(36)34-21-11-9-19(10-12-21)24-22(23-25(30)32-16-33-26(23)35(24)3)18-5-7-20(8-6-18)28(37)31-15-29(38)13-4-14-29/h5-12,16,38H,1,4,13-15H2,2-3H3,(H,31,37)(H,34,36)(H2,30,32,33). The second-order valence-corrected chi connectivity index (χ2v) is 9.89. The van der Waals surface area contributed by atoms with Crippen molar-refractivity contribution in [3.05, 3.63) is 72.6 Å². The third kappa shape index (κ3) is 4.64. The van der Waals surface area contributed by atoms with Crippen LogP contribution < -0.4 is 16.4 Å². The van der Waals surface area contributed by atoms with Gasteiger partial charge in [0.15, 0.2) is 0 Å². The number of fused-ring (bicyclic) bond motifs is 1. The molecule has 1 aliphatic rings. The number of carbonyl (C=O) groups excluding carboxylic acids is 2. The number of anilines is 2. The maximum absolute atomic E-state index is 12.7. The van der Waals surface area contributed by atoms with E-state index in [-0.39, 0.29) is 18.4 Å². The minimum absolute atomic E-state index is 0.231. The van der Waals surface area contributed by atoms with Crippen molar-refractivity contribution >= 4 is 34.4 Å². The number of rotatable bonds is 7. The average Bonchev–Trinajstić information content (AvgIpc) is 3.20. The van der Waals surface area contributed by atoms with Crippen LogP contribution in [0.15, 0.2) is 67.0 Å². The number of nitrogens with two attached hydrogens (primary N) is 1. The lowest BCUT2D eigenvalue weighted by atomic mass is 9.80. The van der Waals surface area contributed by atoms with Crippen LogP contribution in [-0.2, 0) is 11.8 Å². The zero-order valence-corrected chi connectivity index (χ0v) is 21.4. The van der Waals surface area contributed by atoms with Crippen LogP contribution in [0.2, 0.25) is 0 Å². The quantitative estimate of drug-likeness (QED) is 0.277. The molecule has 0 aliphatic heterocycles. The molecule has 4 aromatic rings. The van der Waals surface area contributed by atoms with Crippen molar-refractivity contribution in [3.8, 4) is 22.4 Å². The topological polar surface area (TPSA) is 135 Å². The molecule has 2 aromatic carbocycles. The molecule has 2 amide bonds. The Balaban J connectivity index is 1.51. The number of aliphatic hydroxyl groups is 1. The number of amides is 2. The van der Waals surface area contributed by atoms with Crippen LogP contribution >= 0.6 is 0 Å². The third-order valence-electron chi connectivity index (χ3n) is 7.10. The van der Waals surface area contributed by atoms with Gasteiger partial charge in [0.05, 0.1) is 16.7 Å². The molecule has 9 heteroatoms. The molecule has 0 bridgehead atoms. The summed E-state index contributed by atoms with van der Waals surface area (Å²) >= 11 is 0. The van der Waals surface area contributed by atoms with E-state index in [0.29, 0.717) is 46.5 Å². The smallest absolute Gasteiger partial charge is 0.251 e. The molecule has 1 saturated carbocycles. The molecule has 194 valence electrons. The Morgan fingerprint density at radius 1 is 1.08 bits per heavy atom. The molecule has 0 atom stereocenters. The Bertz CT molecular complexity index is 1550. The molecular formula is C29H30N6O3. The number of aryl methyl sites for hydroxylation is 1. The van der Waals surface area contributed by atoms with Gasteiger partial charge in [0.2, 0.25) is 0 Å². The number of aromatic nitrogens is 3. The Morgan fingerprint density at radius 3 is 2.34 bits per heavy atom. The van der Waals surface area contributed by atoms with Crippen molar-refractivity contribution in [2.24, 2.45) is 7.05 Å². The Kier molecular flexibility index (Phi) is 6.46. The fraction of sp³-hybridized carbons (Fsp3) is 0.241. The minimum Gasteiger partial charge on any atom is -0.388 e. The SMILES string of the molecule is C=C(C)C(=O)Nc1ccc(-c2c(-c3ccc(C(=O)NCC4(O)CCC4)cc3)c3c(N)ncnc3n2C)cc1. The van der Waals surface area contributed by atoms with Crippen molar-refractivity contribution in [2.45, 2.75) is 31.8 Å². The fourth-order valence-corrected chi connectivity index (χ4v) is 4.74. The number of hydrogen-bond donors (Lipinski definition) is 4. The minimum atomic E-state index is -0.784. The largest absolute Gasteiger partial charge is 0.388 e.